The van der Waals surface area contributed by atoms with E-state index >= 15 is 0 Å². The van der Waals surface area contributed by atoms with Gasteiger partial charge in [-0.1, -0.05) is 6.07 Å². The SMILES string of the molecule is N#C/C(=N\Nc1ccc(OC(F)(F)F)cc1)c1ccccn1. The summed E-state index contributed by atoms with van der Waals surface area (Å²) in [5.41, 5.74) is 3.41. The quantitative estimate of drug-likeness (QED) is 0.695. The number of benzene rings is 1. The third-order valence-electron chi connectivity index (χ3n) is 2.40. The van der Waals surface area contributed by atoms with Crippen molar-refractivity contribution in [1.29, 1.82) is 5.26 Å². The second-order valence-electron chi connectivity index (χ2n) is 3.97. The summed E-state index contributed by atoms with van der Waals surface area (Å²) in [5.74, 6) is -0.340. The molecule has 0 spiro atoms. The molecule has 0 bridgehead atoms. The Morgan fingerprint density at radius 1 is 1.18 bits per heavy atom. The van der Waals surface area contributed by atoms with Crippen LogP contribution in [-0.2, 0) is 0 Å². The van der Waals surface area contributed by atoms with E-state index in [4.69, 9.17) is 5.26 Å². The molecule has 0 fully saturated rings. The zero-order chi connectivity index (χ0) is 16.0. The fourth-order valence-electron chi connectivity index (χ4n) is 1.49. The third kappa shape index (κ3) is 4.49. The first kappa shape index (κ1) is 15.3. The van der Waals surface area contributed by atoms with Gasteiger partial charge in [-0.3, -0.25) is 10.4 Å². The van der Waals surface area contributed by atoms with E-state index in [1.54, 1.807) is 18.2 Å². The van der Waals surface area contributed by atoms with Gasteiger partial charge in [-0.05, 0) is 36.4 Å². The minimum Gasteiger partial charge on any atom is -0.406 e. The number of aromatic nitrogens is 1. The Bertz CT molecular complexity index is 691. The van der Waals surface area contributed by atoms with E-state index in [-0.39, 0.29) is 11.5 Å². The summed E-state index contributed by atoms with van der Waals surface area (Å²) in [6, 6.07) is 11.9. The minimum absolute atomic E-state index is 0.0521. The third-order valence-corrected chi connectivity index (χ3v) is 2.40. The summed E-state index contributed by atoms with van der Waals surface area (Å²) < 4.78 is 39.8. The van der Waals surface area contributed by atoms with Gasteiger partial charge in [0.15, 0.2) is 5.71 Å². The van der Waals surface area contributed by atoms with Gasteiger partial charge in [-0.25, -0.2) is 0 Å². The van der Waals surface area contributed by atoms with Crippen LogP contribution in [0.4, 0.5) is 18.9 Å². The molecular weight excluding hydrogens is 297 g/mol. The van der Waals surface area contributed by atoms with Crippen LogP contribution >= 0.6 is 0 Å². The van der Waals surface area contributed by atoms with Crippen molar-refractivity contribution < 1.29 is 17.9 Å². The summed E-state index contributed by atoms with van der Waals surface area (Å²) in [7, 11) is 0. The van der Waals surface area contributed by atoms with E-state index < -0.39 is 6.36 Å². The van der Waals surface area contributed by atoms with Gasteiger partial charge < -0.3 is 4.74 Å². The summed E-state index contributed by atoms with van der Waals surface area (Å²) in [5, 5.41) is 12.9. The van der Waals surface area contributed by atoms with Gasteiger partial charge in [0.1, 0.15) is 17.5 Å². The number of nitriles is 1. The van der Waals surface area contributed by atoms with E-state index in [0.29, 0.717) is 11.4 Å². The highest BCUT2D eigenvalue weighted by molar-refractivity contribution is 6.10. The predicted octanol–water partition coefficient (Wildman–Crippen LogP) is 3.32. The van der Waals surface area contributed by atoms with E-state index in [0.717, 1.165) is 12.1 Å². The number of nitrogens with one attached hydrogen (secondary N) is 1. The average molecular weight is 306 g/mol. The van der Waals surface area contributed by atoms with Crippen molar-refractivity contribution in [3.8, 4) is 11.8 Å². The molecule has 0 aliphatic heterocycles. The molecule has 0 saturated heterocycles. The maximum absolute atomic E-state index is 12.0. The molecule has 2 aromatic rings. The minimum atomic E-state index is -4.74. The van der Waals surface area contributed by atoms with Crippen molar-refractivity contribution in [2.45, 2.75) is 6.36 Å². The molecule has 0 aliphatic rings. The highest BCUT2D eigenvalue weighted by Gasteiger charge is 2.30. The second kappa shape index (κ2) is 6.58. The Morgan fingerprint density at radius 3 is 2.45 bits per heavy atom. The van der Waals surface area contributed by atoms with Gasteiger partial charge >= 0.3 is 6.36 Å². The van der Waals surface area contributed by atoms with Crippen molar-refractivity contribution in [1.82, 2.24) is 4.98 Å². The van der Waals surface area contributed by atoms with Gasteiger partial charge in [0.25, 0.3) is 0 Å². The summed E-state index contributed by atoms with van der Waals surface area (Å²) >= 11 is 0. The van der Waals surface area contributed by atoms with Gasteiger partial charge in [0.05, 0.1) is 5.69 Å². The molecule has 1 heterocycles. The van der Waals surface area contributed by atoms with Crippen LogP contribution in [0, 0.1) is 11.3 Å². The van der Waals surface area contributed by atoms with Crippen molar-refractivity contribution in [2.24, 2.45) is 5.10 Å². The molecule has 2 rings (SSSR count). The number of rotatable bonds is 4. The molecule has 0 amide bonds. The van der Waals surface area contributed by atoms with Crippen LogP contribution < -0.4 is 10.2 Å². The summed E-state index contributed by atoms with van der Waals surface area (Å²) in [6.07, 6.45) is -3.22. The first-order valence-electron chi connectivity index (χ1n) is 5.99. The van der Waals surface area contributed by atoms with E-state index in [2.05, 4.69) is 20.2 Å². The number of hydrazone groups is 1. The normalized spacial score (nSPS) is 11.6. The van der Waals surface area contributed by atoms with E-state index in [9.17, 15) is 13.2 Å². The maximum atomic E-state index is 12.0. The molecule has 5 nitrogen and oxygen atoms in total. The van der Waals surface area contributed by atoms with Gasteiger partial charge in [0, 0.05) is 6.20 Å². The molecule has 22 heavy (non-hydrogen) atoms. The highest BCUT2D eigenvalue weighted by Crippen LogP contribution is 2.23. The summed E-state index contributed by atoms with van der Waals surface area (Å²) in [6.45, 7) is 0. The van der Waals surface area contributed by atoms with Crippen molar-refractivity contribution in [3.63, 3.8) is 0 Å². The lowest BCUT2D eigenvalue weighted by atomic mass is 10.2. The van der Waals surface area contributed by atoms with Crippen LogP contribution in [0.15, 0.2) is 53.8 Å². The monoisotopic (exact) mass is 306 g/mol. The summed E-state index contributed by atoms with van der Waals surface area (Å²) in [4.78, 5) is 3.98. The van der Waals surface area contributed by atoms with Gasteiger partial charge in [0.2, 0.25) is 0 Å². The Balaban J connectivity index is 2.08. The van der Waals surface area contributed by atoms with Gasteiger partial charge in [-0.15, -0.1) is 13.2 Å². The molecule has 8 heteroatoms. The van der Waals surface area contributed by atoms with Crippen molar-refractivity contribution in [3.05, 3.63) is 54.4 Å². The lowest BCUT2D eigenvalue weighted by Gasteiger charge is -2.09. The molecule has 1 aromatic carbocycles. The first-order valence-corrected chi connectivity index (χ1v) is 5.99. The Hall–Kier alpha value is -3.08. The van der Waals surface area contributed by atoms with Crippen LogP contribution in [0.3, 0.4) is 0 Å². The average Bonchev–Trinajstić information content (AvgIpc) is 2.49. The van der Waals surface area contributed by atoms with E-state index in [1.165, 1.54) is 18.3 Å². The molecule has 0 unspecified atom stereocenters. The molecular formula is C14H9F3N4O. The number of hydrogen-bond acceptors (Lipinski definition) is 5. The van der Waals surface area contributed by atoms with Crippen LogP contribution in [0.25, 0.3) is 0 Å². The predicted molar refractivity (Wildman–Crippen MR) is 73.1 cm³/mol. The zero-order valence-corrected chi connectivity index (χ0v) is 11.0. The smallest absolute Gasteiger partial charge is 0.406 e. The fraction of sp³-hybridized carbons (Fsp3) is 0.0714. The van der Waals surface area contributed by atoms with Crippen LogP contribution in [0.2, 0.25) is 0 Å². The largest absolute Gasteiger partial charge is 0.573 e. The maximum Gasteiger partial charge on any atom is 0.573 e. The molecule has 1 N–H and O–H groups in total. The Kier molecular flexibility index (Phi) is 4.58. The van der Waals surface area contributed by atoms with Crippen molar-refractivity contribution in [2.75, 3.05) is 5.43 Å². The second-order valence-corrected chi connectivity index (χ2v) is 3.97. The number of halogens is 3. The number of hydrogen-bond donors (Lipinski definition) is 1. The first-order chi connectivity index (χ1) is 10.5. The molecule has 0 atom stereocenters. The van der Waals surface area contributed by atoms with Crippen molar-refractivity contribution >= 4 is 11.4 Å². The number of pyridine rings is 1. The topological polar surface area (TPSA) is 70.3 Å². The lowest BCUT2D eigenvalue weighted by Crippen LogP contribution is -2.16. The van der Waals surface area contributed by atoms with Gasteiger partial charge in [-0.2, -0.15) is 10.4 Å². The number of alkyl halides is 3. The fourth-order valence-corrected chi connectivity index (χ4v) is 1.49. The van der Waals surface area contributed by atoms with Crippen LogP contribution in [0.5, 0.6) is 5.75 Å². The lowest BCUT2D eigenvalue weighted by molar-refractivity contribution is -0.274. The molecule has 0 radical (unpaired) electrons. The van der Waals surface area contributed by atoms with Crippen LogP contribution in [-0.4, -0.2) is 17.1 Å². The number of ether oxygens (including phenoxy) is 1. The molecule has 1 aromatic heterocycles. The molecule has 0 aliphatic carbocycles. The Labute approximate surface area is 123 Å². The number of nitrogens with zero attached hydrogens (tertiary/aromatic N) is 3. The van der Waals surface area contributed by atoms with Crippen LogP contribution in [0.1, 0.15) is 5.69 Å². The molecule has 112 valence electrons. The molecule has 0 saturated carbocycles. The Morgan fingerprint density at radius 2 is 1.91 bits per heavy atom. The number of anilines is 1. The standard InChI is InChI=1S/C14H9F3N4O/c15-14(16,17)22-11-6-4-10(5-7-11)20-21-13(9-18)12-3-1-2-8-19-12/h1-8,20H/b21-13+. The highest BCUT2D eigenvalue weighted by atomic mass is 19.4. The zero-order valence-electron chi connectivity index (χ0n) is 11.0. The van der Waals surface area contributed by atoms with E-state index in [1.807, 2.05) is 6.07 Å².